The van der Waals surface area contributed by atoms with Gasteiger partial charge in [-0.1, -0.05) is 11.6 Å². The van der Waals surface area contributed by atoms with E-state index in [0.29, 0.717) is 10.2 Å². The Kier molecular flexibility index (Phi) is 6.22. The predicted octanol–water partition coefficient (Wildman–Crippen LogP) is 2.33. The summed E-state index contributed by atoms with van der Waals surface area (Å²) in [6.45, 7) is 1.34. The molecule has 0 bridgehead atoms. The van der Waals surface area contributed by atoms with Gasteiger partial charge in [-0.15, -0.1) is 0 Å². The summed E-state index contributed by atoms with van der Waals surface area (Å²) in [7, 11) is 1.22. The maximum atomic E-state index is 13.1. The van der Waals surface area contributed by atoms with Crippen LogP contribution in [0.4, 0.5) is 10.1 Å². The molecule has 110 valence electrons. The lowest BCUT2D eigenvalue weighted by Crippen LogP contribution is -2.45. The zero-order valence-corrected chi connectivity index (χ0v) is 13.1. The van der Waals surface area contributed by atoms with Crippen LogP contribution in [0.2, 0.25) is 5.02 Å². The van der Waals surface area contributed by atoms with Crippen molar-refractivity contribution in [2.45, 2.75) is 13.0 Å². The van der Waals surface area contributed by atoms with Crippen LogP contribution in [0.1, 0.15) is 6.92 Å². The smallest absolute Gasteiger partial charge is 0.330 e. The van der Waals surface area contributed by atoms with E-state index in [0.717, 1.165) is 6.07 Å². The molecule has 0 saturated heterocycles. The Hall–Kier alpha value is -1.34. The van der Waals surface area contributed by atoms with Gasteiger partial charge in [-0.05, 0) is 28.1 Å². The molecule has 1 rings (SSSR count). The number of hydrogen-bond acceptors (Lipinski definition) is 4. The molecule has 0 radical (unpaired) electrons. The number of hydrogen-bond donors (Lipinski definition) is 2. The molecular weight excluding hydrogens is 354 g/mol. The topological polar surface area (TPSA) is 67.4 Å². The first-order valence-corrected chi connectivity index (χ1v) is 6.75. The molecule has 0 spiro atoms. The van der Waals surface area contributed by atoms with Gasteiger partial charge in [0, 0.05) is 17.9 Å². The van der Waals surface area contributed by atoms with Crippen molar-refractivity contribution in [2.75, 3.05) is 19.0 Å². The SMILES string of the molecule is COC(=O)C(CNc1c(Cl)cc(F)cc1Br)NC(C)=O. The molecule has 1 aromatic rings. The highest BCUT2D eigenvalue weighted by molar-refractivity contribution is 9.10. The van der Waals surface area contributed by atoms with E-state index in [4.69, 9.17) is 11.6 Å². The minimum absolute atomic E-state index is 0.0518. The number of carbonyl (C=O) groups is 2. The van der Waals surface area contributed by atoms with E-state index < -0.39 is 17.8 Å². The van der Waals surface area contributed by atoms with E-state index in [2.05, 4.69) is 31.3 Å². The third kappa shape index (κ3) is 4.64. The first-order valence-electron chi connectivity index (χ1n) is 5.58. The van der Waals surface area contributed by atoms with Crippen LogP contribution in [-0.2, 0) is 14.3 Å². The Balaban J connectivity index is 2.82. The monoisotopic (exact) mass is 366 g/mol. The fourth-order valence-electron chi connectivity index (χ4n) is 1.50. The van der Waals surface area contributed by atoms with Gasteiger partial charge in [0.25, 0.3) is 0 Å². The summed E-state index contributed by atoms with van der Waals surface area (Å²) in [6, 6.07) is 1.51. The van der Waals surface area contributed by atoms with Crippen molar-refractivity contribution in [3.05, 3.63) is 27.4 Å². The summed E-state index contributed by atoms with van der Waals surface area (Å²) < 4.78 is 18.1. The average Bonchev–Trinajstić information content (AvgIpc) is 2.34. The van der Waals surface area contributed by atoms with Crippen LogP contribution in [0.15, 0.2) is 16.6 Å². The van der Waals surface area contributed by atoms with Gasteiger partial charge in [0.2, 0.25) is 5.91 Å². The van der Waals surface area contributed by atoms with Gasteiger partial charge in [-0.3, -0.25) is 4.79 Å². The number of esters is 1. The van der Waals surface area contributed by atoms with E-state index in [1.807, 2.05) is 0 Å². The van der Waals surface area contributed by atoms with Crippen molar-refractivity contribution >= 4 is 45.1 Å². The average molecular weight is 368 g/mol. The van der Waals surface area contributed by atoms with Crippen molar-refractivity contribution in [1.82, 2.24) is 5.32 Å². The Morgan fingerprint density at radius 3 is 2.65 bits per heavy atom. The van der Waals surface area contributed by atoms with E-state index in [9.17, 15) is 14.0 Å². The van der Waals surface area contributed by atoms with Crippen LogP contribution in [0.25, 0.3) is 0 Å². The van der Waals surface area contributed by atoms with E-state index in [-0.39, 0.29) is 17.5 Å². The predicted molar refractivity (Wildman–Crippen MR) is 77.2 cm³/mol. The molecule has 0 aliphatic carbocycles. The fraction of sp³-hybridized carbons (Fsp3) is 0.333. The van der Waals surface area contributed by atoms with Crippen molar-refractivity contribution in [1.29, 1.82) is 0 Å². The number of rotatable bonds is 5. The minimum atomic E-state index is -0.870. The normalized spacial score (nSPS) is 11.7. The Bertz CT molecular complexity index is 504. The zero-order valence-electron chi connectivity index (χ0n) is 10.8. The van der Waals surface area contributed by atoms with Crippen LogP contribution in [0.3, 0.4) is 0 Å². The number of anilines is 1. The summed E-state index contributed by atoms with van der Waals surface area (Å²) in [5.41, 5.74) is 0.423. The van der Waals surface area contributed by atoms with Crippen molar-refractivity contribution in [3.8, 4) is 0 Å². The number of methoxy groups -OCH3 is 1. The maximum Gasteiger partial charge on any atom is 0.330 e. The molecule has 0 fully saturated rings. The molecule has 0 saturated carbocycles. The van der Waals surface area contributed by atoms with Crippen molar-refractivity contribution < 1.29 is 18.7 Å². The number of benzene rings is 1. The molecule has 0 aromatic heterocycles. The molecule has 1 aromatic carbocycles. The van der Waals surface area contributed by atoms with Gasteiger partial charge >= 0.3 is 5.97 Å². The maximum absolute atomic E-state index is 13.1. The molecule has 1 unspecified atom stereocenters. The summed E-state index contributed by atoms with van der Waals surface area (Å²) >= 11 is 9.06. The lowest BCUT2D eigenvalue weighted by Gasteiger charge is -2.18. The molecule has 8 heteroatoms. The van der Waals surface area contributed by atoms with E-state index >= 15 is 0 Å². The van der Waals surface area contributed by atoms with Crippen molar-refractivity contribution in [2.24, 2.45) is 0 Å². The molecule has 0 aliphatic rings. The summed E-state index contributed by atoms with van der Waals surface area (Å²) in [6.07, 6.45) is 0. The molecule has 1 atom stereocenters. The Morgan fingerprint density at radius 1 is 1.50 bits per heavy atom. The van der Waals surface area contributed by atoms with Crippen LogP contribution in [0.5, 0.6) is 0 Å². The Labute approximate surface area is 128 Å². The second-order valence-electron chi connectivity index (χ2n) is 3.90. The summed E-state index contributed by atoms with van der Waals surface area (Å²) in [5.74, 6) is -1.45. The van der Waals surface area contributed by atoms with Gasteiger partial charge in [-0.2, -0.15) is 0 Å². The highest BCUT2D eigenvalue weighted by atomic mass is 79.9. The first-order chi connectivity index (χ1) is 9.35. The standard InChI is InChI=1S/C12H13BrClFN2O3/c1-6(18)17-10(12(19)20-2)5-16-11-8(13)3-7(15)4-9(11)14/h3-4,10,16H,5H2,1-2H3,(H,17,18). The first kappa shape index (κ1) is 16.7. The quantitative estimate of drug-likeness (QED) is 0.784. The molecule has 0 aliphatic heterocycles. The second kappa shape index (κ2) is 7.44. The highest BCUT2D eigenvalue weighted by Crippen LogP contribution is 2.31. The van der Waals surface area contributed by atoms with Gasteiger partial charge in [0.05, 0.1) is 17.8 Å². The third-order valence-electron chi connectivity index (χ3n) is 2.35. The van der Waals surface area contributed by atoms with Gasteiger partial charge in [0.15, 0.2) is 0 Å². The van der Waals surface area contributed by atoms with Gasteiger partial charge in [-0.25, -0.2) is 9.18 Å². The summed E-state index contributed by atoms with van der Waals surface area (Å²) in [5, 5.41) is 5.47. The zero-order chi connectivity index (χ0) is 15.3. The lowest BCUT2D eigenvalue weighted by atomic mass is 10.2. The third-order valence-corrected chi connectivity index (χ3v) is 3.28. The lowest BCUT2D eigenvalue weighted by molar-refractivity contribution is -0.144. The second-order valence-corrected chi connectivity index (χ2v) is 5.16. The van der Waals surface area contributed by atoms with E-state index in [1.54, 1.807) is 0 Å². The number of nitrogens with one attached hydrogen (secondary N) is 2. The van der Waals surface area contributed by atoms with Gasteiger partial charge < -0.3 is 15.4 Å². The minimum Gasteiger partial charge on any atom is -0.467 e. The molecule has 20 heavy (non-hydrogen) atoms. The van der Waals surface area contributed by atoms with Crippen molar-refractivity contribution in [3.63, 3.8) is 0 Å². The van der Waals surface area contributed by atoms with Gasteiger partial charge in [0.1, 0.15) is 11.9 Å². The molecule has 2 N–H and O–H groups in total. The molecule has 5 nitrogen and oxygen atoms in total. The highest BCUT2D eigenvalue weighted by Gasteiger charge is 2.20. The number of amides is 1. The van der Waals surface area contributed by atoms with Crippen LogP contribution in [-0.4, -0.2) is 31.6 Å². The molecule has 1 amide bonds. The number of ether oxygens (including phenoxy) is 1. The number of carbonyl (C=O) groups excluding carboxylic acids is 2. The summed E-state index contributed by atoms with van der Waals surface area (Å²) in [4.78, 5) is 22.5. The number of halogens is 3. The van der Waals surface area contributed by atoms with Crippen LogP contribution >= 0.6 is 27.5 Å². The van der Waals surface area contributed by atoms with Crippen LogP contribution in [0, 0.1) is 5.82 Å². The van der Waals surface area contributed by atoms with E-state index in [1.165, 1.54) is 20.1 Å². The Morgan fingerprint density at radius 2 is 2.15 bits per heavy atom. The van der Waals surface area contributed by atoms with Crippen LogP contribution < -0.4 is 10.6 Å². The fourth-order valence-corrected chi connectivity index (χ4v) is 2.46. The largest absolute Gasteiger partial charge is 0.467 e. The molecular formula is C12H13BrClFN2O3. The molecule has 0 heterocycles.